The summed E-state index contributed by atoms with van der Waals surface area (Å²) in [6, 6.07) is -0.808. The summed E-state index contributed by atoms with van der Waals surface area (Å²) in [6.45, 7) is 1.56. The maximum atomic E-state index is 11.2. The normalized spacial score (nSPS) is 12.1. The first kappa shape index (κ1) is 14.9. The maximum Gasteiger partial charge on any atom is 0.220 e. The molecule has 1 amide bonds. The lowest BCUT2D eigenvalue weighted by atomic mass is 10.1. The van der Waals surface area contributed by atoms with Crippen LogP contribution in [0.3, 0.4) is 0 Å². The van der Waals surface area contributed by atoms with Crippen molar-refractivity contribution in [2.75, 3.05) is 13.1 Å². The Morgan fingerprint density at radius 3 is 2.50 bits per heavy atom. The van der Waals surface area contributed by atoms with Gasteiger partial charge in [0.25, 0.3) is 0 Å². The van der Waals surface area contributed by atoms with Crippen LogP contribution in [-0.2, 0) is 9.59 Å². The van der Waals surface area contributed by atoms with Gasteiger partial charge in [-0.1, -0.05) is 0 Å². The van der Waals surface area contributed by atoms with E-state index in [1.807, 2.05) is 0 Å². The number of nitrogens with one attached hydrogen (secondary N) is 1. The number of carbonyl (C=O) groups excluding carboxylic acids is 2. The zero-order valence-electron chi connectivity index (χ0n) is 9.67. The molecule has 1 atom stereocenters. The lowest BCUT2D eigenvalue weighted by Crippen LogP contribution is -2.68. The Labute approximate surface area is 95.4 Å². The topological polar surface area (TPSA) is 125 Å². The second kappa shape index (κ2) is 9.11. The van der Waals surface area contributed by atoms with E-state index in [9.17, 15) is 14.7 Å². The van der Waals surface area contributed by atoms with Crippen LogP contribution in [0.25, 0.3) is 0 Å². The van der Waals surface area contributed by atoms with Crippen molar-refractivity contribution in [1.29, 1.82) is 0 Å². The number of rotatable bonds is 9. The summed E-state index contributed by atoms with van der Waals surface area (Å²) in [5.74, 6) is -1.33. The summed E-state index contributed by atoms with van der Waals surface area (Å²) in [6.07, 6.45) is 3.49. The number of unbranched alkanes of at least 4 members (excludes halogenated alkanes) is 2. The van der Waals surface area contributed by atoms with Crippen molar-refractivity contribution in [1.82, 2.24) is 5.32 Å². The molecule has 0 bridgehead atoms. The number of amides is 1. The van der Waals surface area contributed by atoms with E-state index in [2.05, 4.69) is 16.8 Å². The van der Waals surface area contributed by atoms with E-state index in [1.165, 1.54) is 0 Å². The lowest BCUT2D eigenvalue weighted by Gasteiger charge is -2.09. The Bertz CT molecular complexity index is 221. The number of carboxylic acid groups (broad SMARTS) is 1. The molecule has 0 saturated carbocycles. The Morgan fingerprint density at radius 2 is 1.94 bits per heavy atom. The van der Waals surface area contributed by atoms with Gasteiger partial charge in [-0.15, -0.1) is 0 Å². The minimum absolute atomic E-state index is 0.121. The van der Waals surface area contributed by atoms with E-state index in [0.29, 0.717) is 6.54 Å². The summed E-state index contributed by atoms with van der Waals surface area (Å²) < 4.78 is 0. The van der Waals surface area contributed by atoms with Crippen LogP contribution in [0.5, 0.6) is 0 Å². The van der Waals surface area contributed by atoms with E-state index in [1.54, 1.807) is 0 Å². The summed E-state index contributed by atoms with van der Waals surface area (Å²) in [4.78, 5) is 21.6. The van der Waals surface area contributed by atoms with Crippen LogP contribution in [-0.4, -0.2) is 31.0 Å². The molecule has 0 fully saturated rings. The minimum atomic E-state index is -1.21. The first-order valence-corrected chi connectivity index (χ1v) is 5.67. The molecule has 0 saturated heterocycles. The highest BCUT2D eigenvalue weighted by Gasteiger charge is 2.09. The molecule has 0 aromatic carbocycles. The smallest absolute Gasteiger partial charge is 0.220 e. The fourth-order valence-electron chi connectivity index (χ4n) is 1.22. The van der Waals surface area contributed by atoms with Crippen LogP contribution < -0.4 is 21.9 Å². The Balaban J connectivity index is 3.41. The monoisotopic (exact) mass is 232 g/mol. The summed E-state index contributed by atoms with van der Waals surface area (Å²) in [5.41, 5.74) is 7.11. The predicted octanol–water partition coefficient (Wildman–Crippen LogP) is -3.34. The minimum Gasteiger partial charge on any atom is -0.544 e. The van der Waals surface area contributed by atoms with Gasteiger partial charge in [0.05, 0.1) is 12.5 Å². The third-order valence-electron chi connectivity index (χ3n) is 2.30. The van der Waals surface area contributed by atoms with Crippen LogP contribution >= 0.6 is 0 Å². The maximum absolute atomic E-state index is 11.2. The molecule has 0 heterocycles. The molecular formula is C10H22N3O3+. The zero-order valence-corrected chi connectivity index (χ0v) is 9.67. The largest absolute Gasteiger partial charge is 0.544 e. The van der Waals surface area contributed by atoms with Crippen molar-refractivity contribution in [3.63, 3.8) is 0 Å². The average Bonchev–Trinajstić information content (AvgIpc) is 2.25. The fourth-order valence-corrected chi connectivity index (χ4v) is 1.22. The van der Waals surface area contributed by atoms with Crippen molar-refractivity contribution in [2.45, 2.75) is 38.1 Å². The second-order valence-corrected chi connectivity index (χ2v) is 3.82. The molecule has 6 heteroatoms. The molecule has 94 valence electrons. The Kier molecular flexibility index (Phi) is 8.46. The number of carbonyl (C=O) groups is 2. The number of hydrogen-bond donors (Lipinski definition) is 3. The lowest BCUT2D eigenvalue weighted by molar-refractivity contribution is -0.438. The van der Waals surface area contributed by atoms with Gasteiger partial charge in [-0.2, -0.15) is 0 Å². The van der Waals surface area contributed by atoms with E-state index in [4.69, 9.17) is 0 Å². The van der Waals surface area contributed by atoms with Gasteiger partial charge in [-0.05, 0) is 19.3 Å². The highest BCUT2D eigenvalue weighted by atomic mass is 16.4. The first-order valence-electron chi connectivity index (χ1n) is 5.67. The van der Waals surface area contributed by atoms with Crippen molar-refractivity contribution < 1.29 is 26.2 Å². The van der Waals surface area contributed by atoms with Gasteiger partial charge >= 0.3 is 0 Å². The molecule has 0 aliphatic carbocycles. The highest BCUT2D eigenvalue weighted by molar-refractivity contribution is 5.77. The van der Waals surface area contributed by atoms with Crippen molar-refractivity contribution in [3.8, 4) is 0 Å². The van der Waals surface area contributed by atoms with Crippen LogP contribution in [0.4, 0.5) is 0 Å². The summed E-state index contributed by atoms with van der Waals surface area (Å²) in [7, 11) is 0. The highest BCUT2D eigenvalue weighted by Crippen LogP contribution is 1.94. The van der Waals surface area contributed by atoms with Gasteiger partial charge in [0.2, 0.25) is 5.91 Å². The van der Waals surface area contributed by atoms with E-state index >= 15 is 0 Å². The van der Waals surface area contributed by atoms with Gasteiger partial charge in [0, 0.05) is 19.4 Å². The number of quaternary nitrogens is 2. The molecular weight excluding hydrogens is 210 g/mol. The van der Waals surface area contributed by atoms with Crippen molar-refractivity contribution >= 4 is 11.9 Å². The van der Waals surface area contributed by atoms with E-state index < -0.39 is 12.0 Å². The van der Waals surface area contributed by atoms with Gasteiger partial charge in [-0.3, -0.25) is 4.79 Å². The molecule has 0 unspecified atom stereocenters. The van der Waals surface area contributed by atoms with E-state index in [-0.39, 0.29) is 18.7 Å². The number of aliphatic carboxylic acids is 1. The molecule has 16 heavy (non-hydrogen) atoms. The van der Waals surface area contributed by atoms with Crippen LogP contribution in [0, 0.1) is 0 Å². The van der Waals surface area contributed by atoms with Gasteiger partial charge in [-0.25, -0.2) is 0 Å². The molecule has 0 rings (SSSR count). The second-order valence-electron chi connectivity index (χ2n) is 3.82. The molecule has 0 spiro atoms. The molecule has 7 N–H and O–H groups in total. The van der Waals surface area contributed by atoms with Crippen molar-refractivity contribution in [2.24, 2.45) is 0 Å². The van der Waals surface area contributed by atoms with Crippen LogP contribution in [0.1, 0.15) is 32.1 Å². The van der Waals surface area contributed by atoms with Crippen molar-refractivity contribution in [3.05, 3.63) is 0 Å². The number of hydrogen-bond acceptors (Lipinski definition) is 3. The SMILES string of the molecule is [NH3+]CCCCCNC(=O)CC[C@H]([NH3+])C(=O)[O-]. The third kappa shape index (κ3) is 8.19. The standard InChI is InChI=1S/C10H21N3O3/c11-6-2-1-3-7-13-9(14)5-4-8(12)10(15)16/h8H,1-7,11-12H2,(H,13,14)(H,15,16)/p+1/t8-/m0/s1. The average molecular weight is 232 g/mol. The number of carboxylic acids is 1. The Morgan fingerprint density at radius 1 is 1.25 bits per heavy atom. The molecule has 0 radical (unpaired) electrons. The van der Waals surface area contributed by atoms with Gasteiger partial charge in [0.1, 0.15) is 6.04 Å². The molecule has 0 aliphatic rings. The van der Waals surface area contributed by atoms with E-state index in [0.717, 1.165) is 25.8 Å². The Hall–Kier alpha value is -1.14. The zero-order chi connectivity index (χ0) is 12.4. The summed E-state index contributed by atoms with van der Waals surface area (Å²) >= 11 is 0. The first-order chi connectivity index (χ1) is 7.57. The summed E-state index contributed by atoms with van der Waals surface area (Å²) in [5, 5.41) is 13.1. The molecule has 0 aromatic heterocycles. The predicted molar refractivity (Wildman–Crippen MR) is 55.5 cm³/mol. The van der Waals surface area contributed by atoms with Crippen LogP contribution in [0.15, 0.2) is 0 Å². The quantitative estimate of drug-likeness (QED) is 0.360. The third-order valence-corrected chi connectivity index (χ3v) is 2.30. The molecule has 6 nitrogen and oxygen atoms in total. The van der Waals surface area contributed by atoms with Crippen LogP contribution in [0.2, 0.25) is 0 Å². The molecule has 0 aliphatic heterocycles. The van der Waals surface area contributed by atoms with Gasteiger partial charge < -0.3 is 26.7 Å². The molecule has 0 aromatic rings. The fraction of sp³-hybridized carbons (Fsp3) is 0.800. The van der Waals surface area contributed by atoms with Gasteiger partial charge in [0.15, 0.2) is 0 Å².